The highest BCUT2D eigenvalue weighted by Crippen LogP contribution is 2.23. The molecular weight excluding hydrogens is 410 g/mol. The van der Waals surface area contributed by atoms with Gasteiger partial charge in [-0.15, -0.1) is 0 Å². The number of unbranched alkanes of at least 4 members (excludes halogenated alkanes) is 9. The van der Waals surface area contributed by atoms with Crippen molar-refractivity contribution in [1.29, 1.82) is 5.26 Å². The lowest BCUT2D eigenvalue weighted by atomic mass is 10.0. The molecule has 0 aliphatic carbocycles. The largest absolute Gasteiger partial charge is 0.494 e. The minimum atomic E-state index is -3.79. The van der Waals surface area contributed by atoms with Crippen LogP contribution in [0.5, 0.6) is 5.75 Å². The summed E-state index contributed by atoms with van der Waals surface area (Å²) in [6.07, 6.45) is 10.6. The van der Waals surface area contributed by atoms with E-state index in [2.05, 4.69) is 6.07 Å². The molecule has 0 aliphatic heterocycles. The van der Waals surface area contributed by atoms with Crippen molar-refractivity contribution >= 4 is 10.1 Å². The maximum Gasteiger partial charge on any atom is 0.264 e. The lowest BCUT2D eigenvalue weighted by molar-refractivity contribution is 0.304. The van der Waals surface area contributed by atoms with Gasteiger partial charge in [-0.05, 0) is 48.2 Å². The topological polar surface area (TPSA) is 87.4 Å². The van der Waals surface area contributed by atoms with E-state index in [9.17, 15) is 8.42 Å². The highest BCUT2D eigenvalue weighted by atomic mass is 32.2. The minimum absolute atomic E-state index is 0.115. The second-order valence-corrected chi connectivity index (χ2v) is 9.46. The van der Waals surface area contributed by atoms with Crippen LogP contribution in [0.2, 0.25) is 0 Å². The zero-order valence-electron chi connectivity index (χ0n) is 18.1. The highest BCUT2D eigenvalue weighted by Gasteiger charge is 2.03. The van der Waals surface area contributed by atoms with Gasteiger partial charge in [0, 0.05) is 0 Å². The first-order valence-electron chi connectivity index (χ1n) is 11.2. The molecule has 0 unspecified atom stereocenters. The smallest absolute Gasteiger partial charge is 0.264 e. The molecule has 31 heavy (non-hydrogen) atoms. The quantitative estimate of drug-likeness (QED) is 0.254. The van der Waals surface area contributed by atoms with E-state index in [4.69, 9.17) is 14.6 Å². The Hall–Kier alpha value is -2.36. The zero-order valence-corrected chi connectivity index (χ0v) is 18.9. The summed E-state index contributed by atoms with van der Waals surface area (Å²) >= 11 is 0. The summed E-state index contributed by atoms with van der Waals surface area (Å²) in [7, 11) is -3.79. The fourth-order valence-electron chi connectivity index (χ4n) is 3.47. The first kappa shape index (κ1) is 24.9. The summed E-state index contributed by atoms with van der Waals surface area (Å²) in [6.45, 7) is 0.726. The molecule has 2 aromatic carbocycles. The number of hydrogen-bond donors (Lipinski definition) is 1. The Labute approximate surface area is 186 Å². The summed E-state index contributed by atoms with van der Waals surface area (Å²) in [5, 5.41) is 8.88. The van der Waals surface area contributed by atoms with Crippen molar-refractivity contribution in [2.45, 2.75) is 64.2 Å². The average Bonchev–Trinajstić information content (AvgIpc) is 2.76. The summed E-state index contributed by atoms with van der Waals surface area (Å²) in [5.74, 6) is 0.766. The Bertz CT molecular complexity index is 900. The minimum Gasteiger partial charge on any atom is -0.494 e. The number of nitriles is 1. The van der Waals surface area contributed by atoms with E-state index < -0.39 is 10.1 Å². The maximum absolute atomic E-state index is 10.6. The SMILES string of the molecule is N#Cc1ccc(-c2ccc(OCCCCCCCCCCCCS(=O)(=O)O)cc2)cc1. The molecule has 2 aromatic rings. The van der Waals surface area contributed by atoms with Gasteiger partial charge in [0.2, 0.25) is 0 Å². The van der Waals surface area contributed by atoms with Gasteiger partial charge in [-0.25, -0.2) is 0 Å². The molecule has 168 valence electrons. The Morgan fingerprint density at radius 1 is 0.710 bits per heavy atom. The van der Waals surface area contributed by atoms with Crippen molar-refractivity contribution in [3.8, 4) is 22.9 Å². The van der Waals surface area contributed by atoms with E-state index in [1.807, 2.05) is 48.5 Å². The molecule has 0 atom stereocenters. The fraction of sp³-hybridized carbons (Fsp3) is 0.480. The Morgan fingerprint density at radius 3 is 1.65 bits per heavy atom. The van der Waals surface area contributed by atoms with E-state index in [1.54, 1.807) is 0 Å². The predicted octanol–water partition coefficient (Wildman–Crippen LogP) is 6.39. The first-order chi connectivity index (χ1) is 15.0. The van der Waals surface area contributed by atoms with Crippen LogP contribution >= 0.6 is 0 Å². The van der Waals surface area contributed by atoms with Crippen LogP contribution in [0.15, 0.2) is 48.5 Å². The molecule has 0 saturated carbocycles. The normalized spacial score (nSPS) is 11.2. The number of ether oxygens (including phenoxy) is 1. The maximum atomic E-state index is 10.6. The molecule has 0 aliphatic rings. The van der Waals surface area contributed by atoms with Gasteiger partial charge in [0.05, 0.1) is 24.0 Å². The molecular formula is C25H33NO4S. The Kier molecular flexibility index (Phi) is 11.1. The third-order valence-electron chi connectivity index (χ3n) is 5.27. The molecule has 0 bridgehead atoms. The van der Waals surface area contributed by atoms with Crippen LogP contribution in [0.25, 0.3) is 11.1 Å². The van der Waals surface area contributed by atoms with Crippen LogP contribution in [0.1, 0.15) is 69.8 Å². The standard InChI is InChI=1S/C25H33NO4S/c26-21-22-11-13-23(14-12-22)24-15-17-25(18-16-24)30-19-9-7-5-3-1-2-4-6-8-10-20-31(27,28)29/h11-18H,1-10,19-20H2,(H,27,28,29). The van der Waals surface area contributed by atoms with E-state index in [-0.39, 0.29) is 5.75 Å². The molecule has 0 spiro atoms. The molecule has 0 aromatic heterocycles. The summed E-state index contributed by atoms with van der Waals surface area (Å²) in [6, 6.07) is 17.8. The third kappa shape index (κ3) is 11.0. The van der Waals surface area contributed by atoms with Crippen molar-refractivity contribution in [3.63, 3.8) is 0 Å². The van der Waals surface area contributed by atoms with E-state index in [1.165, 1.54) is 25.7 Å². The summed E-state index contributed by atoms with van der Waals surface area (Å²) in [4.78, 5) is 0. The van der Waals surface area contributed by atoms with Crippen molar-refractivity contribution in [1.82, 2.24) is 0 Å². The van der Waals surface area contributed by atoms with E-state index in [0.29, 0.717) is 12.0 Å². The number of benzene rings is 2. The Balaban J connectivity index is 1.47. The van der Waals surface area contributed by atoms with Crippen molar-refractivity contribution in [2.24, 2.45) is 0 Å². The fourth-order valence-corrected chi connectivity index (χ4v) is 4.04. The first-order valence-corrected chi connectivity index (χ1v) is 12.8. The molecule has 0 fully saturated rings. The van der Waals surface area contributed by atoms with Gasteiger partial charge >= 0.3 is 0 Å². The van der Waals surface area contributed by atoms with E-state index in [0.717, 1.165) is 55.6 Å². The van der Waals surface area contributed by atoms with Crippen LogP contribution in [0.3, 0.4) is 0 Å². The van der Waals surface area contributed by atoms with Crippen molar-refractivity contribution in [2.75, 3.05) is 12.4 Å². The number of hydrogen-bond acceptors (Lipinski definition) is 4. The second kappa shape index (κ2) is 13.8. The van der Waals surface area contributed by atoms with Crippen LogP contribution in [-0.4, -0.2) is 25.3 Å². The van der Waals surface area contributed by atoms with Gasteiger partial charge in [0.1, 0.15) is 5.75 Å². The molecule has 2 rings (SSSR count). The van der Waals surface area contributed by atoms with Crippen LogP contribution in [0, 0.1) is 11.3 Å². The molecule has 5 nitrogen and oxygen atoms in total. The monoisotopic (exact) mass is 443 g/mol. The average molecular weight is 444 g/mol. The molecule has 0 radical (unpaired) electrons. The highest BCUT2D eigenvalue weighted by molar-refractivity contribution is 7.85. The third-order valence-corrected chi connectivity index (χ3v) is 6.07. The molecule has 0 amide bonds. The van der Waals surface area contributed by atoms with Gasteiger partial charge in [-0.2, -0.15) is 13.7 Å². The molecule has 1 N–H and O–H groups in total. The summed E-state index contributed by atoms with van der Waals surface area (Å²) < 4.78 is 35.7. The van der Waals surface area contributed by atoms with Gasteiger partial charge in [0.25, 0.3) is 10.1 Å². The van der Waals surface area contributed by atoms with Crippen molar-refractivity contribution < 1.29 is 17.7 Å². The molecule has 0 heterocycles. The zero-order chi connectivity index (χ0) is 22.4. The number of rotatable bonds is 15. The molecule has 6 heteroatoms. The van der Waals surface area contributed by atoms with Crippen molar-refractivity contribution in [3.05, 3.63) is 54.1 Å². The van der Waals surface area contributed by atoms with Crippen LogP contribution in [-0.2, 0) is 10.1 Å². The Morgan fingerprint density at radius 2 is 1.16 bits per heavy atom. The van der Waals surface area contributed by atoms with Gasteiger partial charge in [-0.1, -0.05) is 75.6 Å². The van der Waals surface area contributed by atoms with E-state index >= 15 is 0 Å². The molecule has 0 saturated heterocycles. The van der Waals surface area contributed by atoms with Crippen LogP contribution in [0.4, 0.5) is 0 Å². The number of nitrogens with zero attached hydrogens (tertiary/aromatic N) is 1. The lowest BCUT2D eigenvalue weighted by Crippen LogP contribution is -2.03. The van der Waals surface area contributed by atoms with Gasteiger partial charge in [-0.3, -0.25) is 4.55 Å². The predicted molar refractivity (Wildman–Crippen MR) is 125 cm³/mol. The summed E-state index contributed by atoms with van der Waals surface area (Å²) in [5.41, 5.74) is 2.86. The second-order valence-electron chi connectivity index (χ2n) is 7.88. The van der Waals surface area contributed by atoms with Gasteiger partial charge < -0.3 is 4.74 Å². The van der Waals surface area contributed by atoms with Gasteiger partial charge in [0.15, 0.2) is 0 Å². The lowest BCUT2D eigenvalue weighted by Gasteiger charge is -2.08. The van der Waals surface area contributed by atoms with Crippen LogP contribution < -0.4 is 4.74 Å².